The summed E-state index contributed by atoms with van der Waals surface area (Å²) in [4.78, 5) is 0.179. The van der Waals surface area contributed by atoms with Gasteiger partial charge >= 0.3 is 0 Å². The van der Waals surface area contributed by atoms with E-state index in [0.717, 1.165) is 6.42 Å². The average molecular weight is 337 g/mol. The summed E-state index contributed by atoms with van der Waals surface area (Å²) < 4.78 is 32.1. The molecule has 0 saturated carbocycles. The largest absolute Gasteiger partial charge is 0.496 e. The second kappa shape index (κ2) is 6.51. The number of nitrogens with two attached hydrogens (primary N) is 1. The molecule has 1 aromatic rings. The predicted molar refractivity (Wildman–Crippen MR) is 74.1 cm³/mol. The first-order valence-electron chi connectivity index (χ1n) is 5.49. The van der Waals surface area contributed by atoms with Crippen LogP contribution < -0.4 is 15.2 Å². The zero-order chi connectivity index (χ0) is 13.8. The molecule has 102 valence electrons. The highest BCUT2D eigenvalue weighted by atomic mass is 79.9. The summed E-state index contributed by atoms with van der Waals surface area (Å²) in [6.07, 6.45) is 0.717. The molecule has 18 heavy (non-hydrogen) atoms. The van der Waals surface area contributed by atoms with Crippen molar-refractivity contribution < 1.29 is 13.2 Å². The van der Waals surface area contributed by atoms with Crippen LogP contribution in [0.15, 0.2) is 27.6 Å². The fraction of sp³-hybridized carbons (Fsp3) is 0.455. The van der Waals surface area contributed by atoms with Crippen LogP contribution in [0.1, 0.15) is 13.3 Å². The minimum absolute atomic E-state index is 0.179. The SMILES string of the molecule is CCC(N)CNS(=O)(=O)c1ccc(OC)c(Br)c1. The molecular weight excluding hydrogens is 320 g/mol. The molecule has 1 atom stereocenters. The van der Waals surface area contributed by atoms with Gasteiger partial charge in [0.05, 0.1) is 16.5 Å². The number of sulfonamides is 1. The summed E-state index contributed by atoms with van der Waals surface area (Å²) in [6.45, 7) is 2.13. The van der Waals surface area contributed by atoms with Crippen LogP contribution in [0, 0.1) is 0 Å². The summed E-state index contributed by atoms with van der Waals surface area (Å²) >= 11 is 3.25. The molecule has 0 aromatic heterocycles. The Hall–Kier alpha value is -0.630. The Labute approximate surface area is 116 Å². The van der Waals surface area contributed by atoms with Crippen LogP contribution in [0.25, 0.3) is 0 Å². The fourth-order valence-electron chi connectivity index (χ4n) is 1.26. The maximum atomic E-state index is 12.0. The summed E-state index contributed by atoms with van der Waals surface area (Å²) in [5, 5.41) is 0. The number of halogens is 1. The lowest BCUT2D eigenvalue weighted by molar-refractivity contribution is 0.411. The van der Waals surface area contributed by atoms with E-state index in [1.807, 2.05) is 6.92 Å². The Kier molecular flexibility index (Phi) is 5.58. The van der Waals surface area contributed by atoms with Crippen LogP contribution in [0.4, 0.5) is 0 Å². The van der Waals surface area contributed by atoms with Crippen molar-refractivity contribution in [3.63, 3.8) is 0 Å². The van der Waals surface area contributed by atoms with E-state index in [1.165, 1.54) is 19.2 Å². The number of hydrogen-bond acceptors (Lipinski definition) is 4. The van der Waals surface area contributed by atoms with Crippen molar-refractivity contribution in [3.05, 3.63) is 22.7 Å². The molecule has 7 heteroatoms. The first-order chi connectivity index (χ1) is 8.40. The van der Waals surface area contributed by atoms with E-state index < -0.39 is 10.0 Å². The second-order valence-corrected chi connectivity index (χ2v) is 6.44. The highest BCUT2D eigenvalue weighted by Crippen LogP contribution is 2.27. The van der Waals surface area contributed by atoms with E-state index in [4.69, 9.17) is 10.5 Å². The van der Waals surface area contributed by atoms with Gasteiger partial charge < -0.3 is 10.5 Å². The van der Waals surface area contributed by atoms with Gasteiger partial charge in [-0.2, -0.15) is 0 Å². The lowest BCUT2D eigenvalue weighted by Crippen LogP contribution is -2.36. The molecule has 0 amide bonds. The molecule has 1 unspecified atom stereocenters. The molecular formula is C11H17BrN2O3S. The molecule has 0 aliphatic rings. The quantitative estimate of drug-likeness (QED) is 0.824. The number of benzene rings is 1. The fourth-order valence-corrected chi connectivity index (χ4v) is 3.07. The van der Waals surface area contributed by atoms with Crippen molar-refractivity contribution in [3.8, 4) is 5.75 Å². The van der Waals surface area contributed by atoms with Gasteiger partial charge in [0.1, 0.15) is 5.75 Å². The summed E-state index contributed by atoms with van der Waals surface area (Å²) in [5.41, 5.74) is 5.68. The van der Waals surface area contributed by atoms with E-state index >= 15 is 0 Å². The van der Waals surface area contributed by atoms with Crippen LogP contribution in [-0.2, 0) is 10.0 Å². The molecule has 0 fully saturated rings. The molecule has 3 N–H and O–H groups in total. The van der Waals surface area contributed by atoms with Crippen LogP contribution in [0.3, 0.4) is 0 Å². The van der Waals surface area contributed by atoms with Gasteiger partial charge in [-0.25, -0.2) is 13.1 Å². The van der Waals surface area contributed by atoms with Crippen LogP contribution in [-0.4, -0.2) is 28.1 Å². The monoisotopic (exact) mass is 336 g/mol. The van der Waals surface area contributed by atoms with Crippen molar-refractivity contribution in [2.75, 3.05) is 13.7 Å². The van der Waals surface area contributed by atoms with Crippen molar-refractivity contribution in [2.45, 2.75) is 24.3 Å². The standard InChI is InChI=1S/C11H17BrN2O3S/c1-3-8(13)7-14-18(15,16)9-4-5-11(17-2)10(12)6-9/h4-6,8,14H,3,7,13H2,1-2H3. The van der Waals surface area contributed by atoms with Gasteiger partial charge in [0.15, 0.2) is 0 Å². The zero-order valence-electron chi connectivity index (χ0n) is 10.3. The number of rotatable bonds is 6. The number of methoxy groups -OCH3 is 1. The maximum absolute atomic E-state index is 12.0. The Morgan fingerprint density at radius 2 is 2.17 bits per heavy atom. The van der Waals surface area contributed by atoms with Crippen LogP contribution in [0.2, 0.25) is 0 Å². The van der Waals surface area contributed by atoms with Crippen molar-refractivity contribution in [2.24, 2.45) is 5.73 Å². The Balaban J connectivity index is 2.88. The van der Waals surface area contributed by atoms with Crippen LogP contribution >= 0.6 is 15.9 Å². The first-order valence-corrected chi connectivity index (χ1v) is 7.77. The van der Waals surface area contributed by atoms with Crippen molar-refractivity contribution in [1.29, 1.82) is 0 Å². The number of nitrogens with one attached hydrogen (secondary N) is 1. The van der Waals surface area contributed by atoms with Gasteiger partial charge in [0, 0.05) is 12.6 Å². The number of ether oxygens (including phenoxy) is 1. The predicted octanol–water partition coefficient (Wildman–Crippen LogP) is 1.47. The first kappa shape index (κ1) is 15.4. The Bertz CT molecular complexity index is 505. The second-order valence-electron chi connectivity index (χ2n) is 3.82. The van der Waals surface area contributed by atoms with Gasteiger partial charge in [-0.1, -0.05) is 6.92 Å². The lowest BCUT2D eigenvalue weighted by atomic mass is 10.2. The van der Waals surface area contributed by atoms with E-state index in [1.54, 1.807) is 6.07 Å². The van der Waals surface area contributed by atoms with Crippen molar-refractivity contribution in [1.82, 2.24) is 4.72 Å². The minimum atomic E-state index is -3.53. The summed E-state index contributed by atoms with van der Waals surface area (Å²) in [7, 11) is -2.01. The van der Waals surface area contributed by atoms with E-state index in [-0.39, 0.29) is 17.5 Å². The third-order valence-corrected chi connectivity index (χ3v) is 4.53. The molecule has 1 aromatic carbocycles. The molecule has 0 aliphatic carbocycles. The van der Waals surface area contributed by atoms with Gasteiger partial charge in [-0.05, 0) is 40.5 Å². The third-order valence-electron chi connectivity index (χ3n) is 2.49. The molecule has 0 aliphatic heterocycles. The highest BCUT2D eigenvalue weighted by Gasteiger charge is 2.16. The maximum Gasteiger partial charge on any atom is 0.240 e. The van der Waals surface area contributed by atoms with E-state index in [9.17, 15) is 8.42 Å². The molecule has 0 bridgehead atoms. The van der Waals surface area contributed by atoms with Gasteiger partial charge in [0.25, 0.3) is 0 Å². The van der Waals surface area contributed by atoms with E-state index in [2.05, 4.69) is 20.7 Å². The summed E-state index contributed by atoms with van der Waals surface area (Å²) in [5.74, 6) is 0.583. The van der Waals surface area contributed by atoms with Gasteiger partial charge in [-0.3, -0.25) is 0 Å². The zero-order valence-corrected chi connectivity index (χ0v) is 12.7. The molecule has 5 nitrogen and oxygen atoms in total. The van der Waals surface area contributed by atoms with Crippen LogP contribution in [0.5, 0.6) is 5.75 Å². The normalized spacial score (nSPS) is 13.3. The Morgan fingerprint density at radius 1 is 1.50 bits per heavy atom. The smallest absolute Gasteiger partial charge is 0.240 e. The van der Waals surface area contributed by atoms with Crippen molar-refractivity contribution >= 4 is 26.0 Å². The molecule has 1 rings (SSSR count). The van der Waals surface area contributed by atoms with E-state index in [0.29, 0.717) is 10.2 Å². The highest BCUT2D eigenvalue weighted by molar-refractivity contribution is 9.10. The number of hydrogen-bond donors (Lipinski definition) is 2. The summed E-state index contributed by atoms with van der Waals surface area (Å²) in [6, 6.07) is 4.40. The van der Waals surface area contributed by atoms with Gasteiger partial charge in [0.2, 0.25) is 10.0 Å². The average Bonchev–Trinajstić information content (AvgIpc) is 2.35. The lowest BCUT2D eigenvalue weighted by Gasteiger charge is -2.12. The molecule has 0 saturated heterocycles. The Morgan fingerprint density at radius 3 is 2.67 bits per heavy atom. The molecule has 0 spiro atoms. The topological polar surface area (TPSA) is 81.4 Å². The molecule has 0 heterocycles. The molecule has 0 radical (unpaired) electrons. The third kappa shape index (κ3) is 3.94. The minimum Gasteiger partial charge on any atom is -0.496 e. The van der Waals surface area contributed by atoms with Gasteiger partial charge in [-0.15, -0.1) is 0 Å².